The summed E-state index contributed by atoms with van der Waals surface area (Å²) in [6.45, 7) is 0. The first kappa shape index (κ1) is 15.6. The van der Waals surface area contributed by atoms with Crippen LogP contribution >= 0.6 is 11.3 Å². The smallest absolute Gasteiger partial charge is 0.258 e. The van der Waals surface area contributed by atoms with Crippen molar-refractivity contribution in [3.8, 4) is 11.5 Å². The van der Waals surface area contributed by atoms with Gasteiger partial charge in [-0.15, -0.1) is 0 Å². The molecule has 1 N–H and O–H groups in total. The molecule has 6 nitrogen and oxygen atoms in total. The molecule has 2 aromatic heterocycles. The van der Waals surface area contributed by atoms with Gasteiger partial charge in [0.05, 0.1) is 11.3 Å². The highest BCUT2D eigenvalue weighted by molar-refractivity contribution is 7.84. The number of nitrogens with one attached hydrogen (secondary N) is 1. The van der Waals surface area contributed by atoms with Gasteiger partial charge in [-0.2, -0.15) is 16.3 Å². The molecular weight excluding hydrogens is 334 g/mol. The number of rotatable bonds is 6. The number of para-hydroxylation sites is 1. The fourth-order valence-corrected chi connectivity index (χ4v) is 3.38. The summed E-state index contributed by atoms with van der Waals surface area (Å²) in [7, 11) is -1.40. The van der Waals surface area contributed by atoms with E-state index in [-0.39, 0.29) is 17.4 Å². The number of hydrogen-bond acceptors (Lipinski definition) is 6. The van der Waals surface area contributed by atoms with Crippen LogP contribution in [0.1, 0.15) is 5.82 Å². The molecule has 8 heteroatoms. The molecule has 0 aliphatic heterocycles. The molecule has 0 saturated carbocycles. The molecule has 0 aliphatic rings. The Morgan fingerprint density at radius 2 is 2.09 bits per heavy atom. The van der Waals surface area contributed by atoms with Crippen LogP contribution in [-0.2, 0) is 21.3 Å². The van der Waals surface area contributed by atoms with Crippen molar-refractivity contribution in [3.63, 3.8) is 0 Å². The number of aromatic nitrogens is 2. The Bertz CT molecular complexity index is 801. The summed E-state index contributed by atoms with van der Waals surface area (Å²) in [5.41, 5.74) is 1.51. The summed E-state index contributed by atoms with van der Waals surface area (Å²) < 4.78 is 17.2. The first-order valence-electron chi connectivity index (χ1n) is 6.76. The van der Waals surface area contributed by atoms with E-state index in [1.807, 2.05) is 35.0 Å². The first-order valence-corrected chi connectivity index (χ1v) is 9.19. The highest BCUT2D eigenvalue weighted by Crippen LogP contribution is 2.20. The Hall–Kier alpha value is -2.32. The fourth-order valence-electron chi connectivity index (χ4n) is 1.88. The van der Waals surface area contributed by atoms with E-state index >= 15 is 0 Å². The third-order valence-corrected chi connectivity index (χ3v) is 4.72. The molecule has 3 aromatic rings. The zero-order chi connectivity index (χ0) is 16.1. The summed E-state index contributed by atoms with van der Waals surface area (Å²) >= 11 is 1.53. The second-order valence-corrected chi connectivity index (χ2v) is 6.91. The van der Waals surface area contributed by atoms with E-state index in [1.54, 1.807) is 12.1 Å². The van der Waals surface area contributed by atoms with Crippen LogP contribution in [0.3, 0.4) is 0 Å². The summed E-state index contributed by atoms with van der Waals surface area (Å²) in [5.74, 6) is 0.382. The maximum Gasteiger partial charge on any atom is 0.258 e. The molecule has 0 saturated heterocycles. The lowest BCUT2D eigenvalue weighted by atomic mass is 10.3. The van der Waals surface area contributed by atoms with Crippen molar-refractivity contribution < 1.29 is 13.5 Å². The molecule has 1 atom stereocenters. The van der Waals surface area contributed by atoms with E-state index in [0.29, 0.717) is 17.4 Å². The van der Waals surface area contributed by atoms with Crippen molar-refractivity contribution in [3.05, 3.63) is 53.0 Å². The number of thiophene rings is 1. The number of anilines is 1. The topological polar surface area (TPSA) is 85.1 Å². The van der Waals surface area contributed by atoms with Crippen LogP contribution in [0.5, 0.6) is 0 Å². The van der Waals surface area contributed by atoms with Gasteiger partial charge in [0.2, 0.25) is 5.91 Å². The van der Waals surface area contributed by atoms with Gasteiger partial charge in [-0.05, 0) is 23.6 Å². The first-order chi connectivity index (χ1) is 11.2. The number of carbonyl (C=O) groups is 1. The summed E-state index contributed by atoms with van der Waals surface area (Å²) in [5, 5.41) is 10.3. The molecule has 0 spiro atoms. The van der Waals surface area contributed by atoms with Gasteiger partial charge < -0.3 is 9.84 Å². The van der Waals surface area contributed by atoms with E-state index in [1.165, 1.54) is 11.3 Å². The predicted octanol–water partition coefficient (Wildman–Crippen LogP) is 2.69. The van der Waals surface area contributed by atoms with E-state index in [0.717, 1.165) is 5.56 Å². The van der Waals surface area contributed by atoms with Crippen LogP contribution in [0.15, 0.2) is 51.7 Å². The average Bonchev–Trinajstić information content (AvgIpc) is 3.18. The lowest BCUT2D eigenvalue weighted by molar-refractivity contribution is -0.113. The van der Waals surface area contributed by atoms with E-state index in [9.17, 15) is 9.00 Å². The van der Waals surface area contributed by atoms with Crippen molar-refractivity contribution in [1.29, 1.82) is 0 Å². The van der Waals surface area contributed by atoms with Gasteiger partial charge in [-0.3, -0.25) is 9.00 Å². The van der Waals surface area contributed by atoms with Gasteiger partial charge in [0.1, 0.15) is 5.75 Å². The molecule has 1 aromatic carbocycles. The largest absolute Gasteiger partial charge is 0.334 e. The zero-order valence-corrected chi connectivity index (χ0v) is 13.6. The van der Waals surface area contributed by atoms with Crippen molar-refractivity contribution in [1.82, 2.24) is 10.1 Å². The van der Waals surface area contributed by atoms with Gasteiger partial charge in [0, 0.05) is 21.9 Å². The van der Waals surface area contributed by atoms with Gasteiger partial charge in [0.25, 0.3) is 5.89 Å². The molecular formula is C15H13N3O3S2. The number of carbonyl (C=O) groups excluding carboxylic acids is 1. The van der Waals surface area contributed by atoms with Crippen molar-refractivity contribution in [2.75, 3.05) is 11.1 Å². The second-order valence-electron chi connectivity index (χ2n) is 4.67. The predicted molar refractivity (Wildman–Crippen MR) is 89.4 cm³/mol. The Labute approximate surface area is 139 Å². The quantitative estimate of drug-likeness (QED) is 0.741. The molecule has 0 aliphatic carbocycles. The Balaban J connectivity index is 1.54. The fraction of sp³-hybridized carbons (Fsp3) is 0.133. The number of amides is 1. The highest BCUT2D eigenvalue weighted by Gasteiger charge is 2.14. The minimum atomic E-state index is -1.40. The molecule has 118 valence electrons. The van der Waals surface area contributed by atoms with Gasteiger partial charge in [-0.1, -0.05) is 23.4 Å². The molecule has 23 heavy (non-hydrogen) atoms. The van der Waals surface area contributed by atoms with Crippen LogP contribution in [-0.4, -0.2) is 26.0 Å². The normalized spacial score (nSPS) is 12.0. The summed E-state index contributed by atoms with van der Waals surface area (Å²) in [6.07, 6.45) is 0. The second kappa shape index (κ2) is 7.30. The molecule has 2 heterocycles. The van der Waals surface area contributed by atoms with Gasteiger partial charge in [-0.25, -0.2) is 0 Å². The third kappa shape index (κ3) is 4.33. The number of benzene rings is 1. The summed E-state index contributed by atoms with van der Waals surface area (Å²) in [4.78, 5) is 16.0. The number of hydrogen-bond donors (Lipinski definition) is 1. The van der Waals surface area contributed by atoms with Crippen LogP contribution in [0.4, 0.5) is 5.69 Å². The standard InChI is InChI=1S/C15H13N3O3S2/c19-14(16-12-4-2-1-3-5-12)10-23(20)9-13-17-15(21-18-13)11-6-7-22-8-11/h1-8H,9-10H2,(H,16,19)/t23-/m1/s1. The molecule has 0 unspecified atom stereocenters. The lowest BCUT2D eigenvalue weighted by Crippen LogP contribution is -2.20. The van der Waals surface area contributed by atoms with Crippen molar-refractivity contribution in [2.24, 2.45) is 0 Å². The maximum absolute atomic E-state index is 12.0. The van der Waals surface area contributed by atoms with Crippen LogP contribution < -0.4 is 5.32 Å². The van der Waals surface area contributed by atoms with E-state index < -0.39 is 10.8 Å². The van der Waals surface area contributed by atoms with Crippen LogP contribution in [0.2, 0.25) is 0 Å². The van der Waals surface area contributed by atoms with E-state index in [2.05, 4.69) is 15.5 Å². The molecule has 0 fully saturated rings. The Morgan fingerprint density at radius 1 is 1.26 bits per heavy atom. The number of nitrogens with zero attached hydrogens (tertiary/aromatic N) is 2. The summed E-state index contributed by atoms with van der Waals surface area (Å²) in [6, 6.07) is 10.9. The molecule has 3 rings (SSSR count). The van der Waals surface area contributed by atoms with Crippen LogP contribution in [0.25, 0.3) is 11.5 Å². The Kier molecular flexibility index (Phi) is 4.94. The van der Waals surface area contributed by atoms with Gasteiger partial charge in [0.15, 0.2) is 5.82 Å². The van der Waals surface area contributed by atoms with Crippen LogP contribution in [0, 0.1) is 0 Å². The molecule has 0 bridgehead atoms. The SMILES string of the molecule is O=C(C[S@](=O)Cc1noc(-c2ccsc2)n1)Nc1ccccc1. The Morgan fingerprint density at radius 3 is 2.83 bits per heavy atom. The maximum atomic E-state index is 12.0. The van der Waals surface area contributed by atoms with E-state index in [4.69, 9.17) is 4.52 Å². The monoisotopic (exact) mass is 347 g/mol. The zero-order valence-electron chi connectivity index (χ0n) is 12.0. The minimum Gasteiger partial charge on any atom is -0.334 e. The van der Waals surface area contributed by atoms with Crippen molar-refractivity contribution >= 4 is 33.7 Å². The third-order valence-electron chi connectivity index (χ3n) is 2.88. The molecule has 0 radical (unpaired) electrons. The molecule has 1 amide bonds. The minimum absolute atomic E-state index is 0.0792. The van der Waals surface area contributed by atoms with Crippen molar-refractivity contribution in [2.45, 2.75) is 5.75 Å². The average molecular weight is 347 g/mol. The highest BCUT2D eigenvalue weighted by atomic mass is 32.2. The lowest BCUT2D eigenvalue weighted by Gasteiger charge is -2.03. The van der Waals surface area contributed by atoms with Gasteiger partial charge >= 0.3 is 0 Å².